The molecule has 2 aromatic carbocycles. The maximum absolute atomic E-state index is 13.3. The second-order valence-corrected chi connectivity index (χ2v) is 7.21. The molecule has 2 amide bonds. The summed E-state index contributed by atoms with van der Waals surface area (Å²) < 4.78 is 24.7. The van der Waals surface area contributed by atoms with Crippen LogP contribution < -0.4 is 14.4 Å². The summed E-state index contributed by atoms with van der Waals surface area (Å²) in [6, 6.07) is 12.8. The van der Waals surface area contributed by atoms with Crippen molar-refractivity contribution in [3.8, 4) is 11.5 Å². The average molecular weight is 398 g/mol. The van der Waals surface area contributed by atoms with Gasteiger partial charge in [-0.25, -0.2) is 4.39 Å². The molecule has 0 bridgehead atoms. The molecule has 0 aliphatic carbocycles. The Labute approximate surface area is 168 Å². The van der Waals surface area contributed by atoms with Gasteiger partial charge in [-0.3, -0.25) is 9.59 Å². The lowest BCUT2D eigenvalue weighted by Crippen LogP contribution is -2.53. The van der Waals surface area contributed by atoms with Crippen LogP contribution in [0.4, 0.5) is 10.1 Å². The van der Waals surface area contributed by atoms with Crippen molar-refractivity contribution < 1.29 is 23.5 Å². The van der Waals surface area contributed by atoms with Gasteiger partial charge in [0.25, 0.3) is 11.8 Å². The van der Waals surface area contributed by atoms with Gasteiger partial charge in [-0.15, -0.1) is 0 Å². The largest absolute Gasteiger partial charge is 0.484 e. The third-order valence-corrected chi connectivity index (χ3v) is 5.18. The molecule has 7 heteroatoms. The molecule has 2 aromatic rings. The van der Waals surface area contributed by atoms with Gasteiger partial charge in [0.2, 0.25) is 0 Å². The number of anilines is 1. The maximum atomic E-state index is 13.3. The van der Waals surface area contributed by atoms with E-state index in [4.69, 9.17) is 9.47 Å². The van der Waals surface area contributed by atoms with Crippen LogP contribution in [0.2, 0.25) is 0 Å². The Kier molecular flexibility index (Phi) is 5.64. The third-order valence-electron chi connectivity index (χ3n) is 5.18. The summed E-state index contributed by atoms with van der Waals surface area (Å²) in [6.07, 6.45) is 2.35. The lowest BCUT2D eigenvalue weighted by atomic mass is 10.1. The van der Waals surface area contributed by atoms with Crippen molar-refractivity contribution in [2.45, 2.75) is 25.4 Å². The molecule has 0 saturated carbocycles. The lowest BCUT2D eigenvalue weighted by Gasteiger charge is -2.37. The van der Waals surface area contributed by atoms with E-state index in [1.165, 1.54) is 23.1 Å². The molecule has 2 heterocycles. The Morgan fingerprint density at radius 1 is 1.07 bits per heavy atom. The molecule has 1 fully saturated rings. The van der Waals surface area contributed by atoms with Crippen molar-refractivity contribution in [3.63, 3.8) is 0 Å². The number of benzene rings is 2. The number of para-hydroxylation sites is 2. The van der Waals surface area contributed by atoms with Crippen LogP contribution in [0, 0.1) is 5.82 Å². The number of ether oxygens (including phenoxy) is 2. The molecule has 0 N–H and O–H groups in total. The number of piperidine rings is 1. The van der Waals surface area contributed by atoms with E-state index in [0.717, 1.165) is 32.4 Å². The standard InChI is InChI=1S/C22H23FN2O4/c23-16-7-6-8-17(13-16)28-15-21(26)25-14-20(22(27)24-11-4-1-5-12-24)29-19-10-3-2-9-18(19)25/h2-3,6-10,13,20H,1,4-5,11-12,14-15H2. The number of carbonyl (C=O) groups is 2. The van der Waals surface area contributed by atoms with Crippen molar-refractivity contribution in [1.29, 1.82) is 0 Å². The molecule has 152 valence electrons. The van der Waals surface area contributed by atoms with Crippen LogP contribution in [0.5, 0.6) is 11.5 Å². The zero-order valence-corrected chi connectivity index (χ0v) is 16.1. The van der Waals surface area contributed by atoms with Crippen LogP contribution in [0.3, 0.4) is 0 Å². The van der Waals surface area contributed by atoms with Gasteiger partial charge < -0.3 is 19.3 Å². The topological polar surface area (TPSA) is 59.1 Å². The predicted octanol–water partition coefficient (Wildman–Crippen LogP) is 3.01. The molecule has 1 unspecified atom stereocenters. The first-order chi connectivity index (χ1) is 14.1. The molecule has 0 radical (unpaired) electrons. The zero-order valence-electron chi connectivity index (χ0n) is 16.1. The summed E-state index contributed by atoms with van der Waals surface area (Å²) in [6.45, 7) is 1.30. The molecule has 0 aromatic heterocycles. The Morgan fingerprint density at radius 2 is 1.86 bits per heavy atom. The van der Waals surface area contributed by atoms with Gasteiger partial charge in [-0.2, -0.15) is 0 Å². The predicted molar refractivity (Wildman–Crippen MR) is 106 cm³/mol. The van der Waals surface area contributed by atoms with Gasteiger partial charge in [-0.05, 0) is 43.5 Å². The summed E-state index contributed by atoms with van der Waals surface area (Å²) in [7, 11) is 0. The van der Waals surface area contributed by atoms with Gasteiger partial charge in [0.1, 0.15) is 17.3 Å². The van der Waals surface area contributed by atoms with Crippen LogP contribution >= 0.6 is 0 Å². The van der Waals surface area contributed by atoms with Crippen molar-refractivity contribution in [1.82, 2.24) is 4.90 Å². The van der Waals surface area contributed by atoms with Crippen molar-refractivity contribution in [2.75, 3.05) is 31.1 Å². The second kappa shape index (κ2) is 8.51. The van der Waals surface area contributed by atoms with E-state index in [1.807, 2.05) is 11.0 Å². The number of nitrogens with zero attached hydrogens (tertiary/aromatic N) is 2. The lowest BCUT2D eigenvalue weighted by molar-refractivity contribution is -0.139. The molecule has 29 heavy (non-hydrogen) atoms. The van der Waals surface area contributed by atoms with E-state index in [2.05, 4.69) is 0 Å². The summed E-state index contributed by atoms with van der Waals surface area (Å²) in [4.78, 5) is 29.2. The maximum Gasteiger partial charge on any atom is 0.265 e. The fourth-order valence-corrected chi connectivity index (χ4v) is 3.70. The van der Waals surface area contributed by atoms with E-state index >= 15 is 0 Å². The number of halogens is 1. The number of likely N-dealkylation sites (tertiary alicyclic amines) is 1. The van der Waals surface area contributed by atoms with E-state index < -0.39 is 11.9 Å². The minimum atomic E-state index is -0.749. The molecule has 0 spiro atoms. The number of carbonyl (C=O) groups excluding carboxylic acids is 2. The molecule has 1 atom stereocenters. The number of hydrogen-bond acceptors (Lipinski definition) is 4. The molecule has 1 saturated heterocycles. The van der Waals surface area contributed by atoms with E-state index in [-0.39, 0.29) is 30.7 Å². The fourth-order valence-electron chi connectivity index (χ4n) is 3.70. The number of hydrogen-bond donors (Lipinski definition) is 0. The Morgan fingerprint density at radius 3 is 2.66 bits per heavy atom. The number of fused-ring (bicyclic) bond motifs is 1. The Balaban J connectivity index is 1.49. The van der Waals surface area contributed by atoms with Crippen molar-refractivity contribution >= 4 is 17.5 Å². The SMILES string of the molecule is O=C(C1CN(C(=O)COc2cccc(F)c2)c2ccccc2O1)N1CCCCC1. The number of amides is 2. The Hall–Kier alpha value is -3.09. The van der Waals surface area contributed by atoms with E-state index in [0.29, 0.717) is 11.4 Å². The first-order valence-corrected chi connectivity index (χ1v) is 9.85. The molecular formula is C22H23FN2O4. The van der Waals surface area contributed by atoms with Gasteiger partial charge in [0, 0.05) is 19.2 Å². The highest BCUT2D eigenvalue weighted by atomic mass is 19.1. The van der Waals surface area contributed by atoms with Gasteiger partial charge in [0.15, 0.2) is 12.7 Å². The average Bonchev–Trinajstić information content (AvgIpc) is 2.77. The number of rotatable bonds is 4. The Bertz CT molecular complexity index is 898. The molecule has 2 aliphatic heterocycles. The zero-order chi connectivity index (χ0) is 20.2. The molecule has 4 rings (SSSR count). The second-order valence-electron chi connectivity index (χ2n) is 7.21. The first-order valence-electron chi connectivity index (χ1n) is 9.85. The van der Waals surface area contributed by atoms with E-state index in [9.17, 15) is 14.0 Å². The van der Waals surface area contributed by atoms with Crippen LogP contribution in [0.15, 0.2) is 48.5 Å². The highest BCUT2D eigenvalue weighted by Crippen LogP contribution is 2.34. The molecule has 6 nitrogen and oxygen atoms in total. The van der Waals surface area contributed by atoms with Crippen molar-refractivity contribution in [3.05, 3.63) is 54.3 Å². The monoisotopic (exact) mass is 398 g/mol. The highest BCUT2D eigenvalue weighted by Gasteiger charge is 2.36. The van der Waals surface area contributed by atoms with Gasteiger partial charge in [0.05, 0.1) is 12.2 Å². The van der Waals surface area contributed by atoms with Gasteiger partial charge in [-0.1, -0.05) is 18.2 Å². The van der Waals surface area contributed by atoms with Crippen LogP contribution in [0.25, 0.3) is 0 Å². The fraction of sp³-hybridized carbons (Fsp3) is 0.364. The van der Waals surface area contributed by atoms with Crippen molar-refractivity contribution in [2.24, 2.45) is 0 Å². The molecular weight excluding hydrogens is 375 g/mol. The highest BCUT2D eigenvalue weighted by molar-refractivity contribution is 5.98. The third kappa shape index (κ3) is 4.34. The van der Waals surface area contributed by atoms with Crippen LogP contribution in [-0.4, -0.2) is 49.1 Å². The minimum Gasteiger partial charge on any atom is -0.484 e. The quantitative estimate of drug-likeness (QED) is 0.795. The smallest absolute Gasteiger partial charge is 0.265 e. The van der Waals surface area contributed by atoms with Crippen LogP contribution in [-0.2, 0) is 9.59 Å². The van der Waals surface area contributed by atoms with Gasteiger partial charge >= 0.3 is 0 Å². The normalized spacial score (nSPS) is 18.6. The minimum absolute atomic E-state index is 0.0944. The summed E-state index contributed by atoms with van der Waals surface area (Å²) in [5.41, 5.74) is 0.600. The first kappa shape index (κ1) is 19.2. The summed E-state index contributed by atoms with van der Waals surface area (Å²) >= 11 is 0. The molecule has 2 aliphatic rings. The summed E-state index contributed by atoms with van der Waals surface area (Å²) in [5.74, 6) is -0.0718. The van der Waals surface area contributed by atoms with E-state index in [1.54, 1.807) is 24.3 Å². The van der Waals surface area contributed by atoms with Crippen LogP contribution in [0.1, 0.15) is 19.3 Å². The summed E-state index contributed by atoms with van der Waals surface area (Å²) in [5, 5.41) is 0.